The van der Waals surface area contributed by atoms with Crippen molar-refractivity contribution in [1.82, 2.24) is 0 Å². The monoisotopic (exact) mass is 446 g/mol. The van der Waals surface area contributed by atoms with E-state index >= 15 is 0 Å². The smallest absolute Gasteiger partial charge is 0.313 e. The lowest BCUT2D eigenvalue weighted by Crippen LogP contribution is -2.48. The Morgan fingerprint density at radius 3 is 2.35 bits per heavy atom. The van der Waals surface area contributed by atoms with Gasteiger partial charge in [0.2, 0.25) is 8.32 Å². The van der Waals surface area contributed by atoms with Gasteiger partial charge in [-0.05, 0) is 69.9 Å². The normalized spacial score (nSPS) is 23.5. The molecule has 0 bridgehead atoms. The van der Waals surface area contributed by atoms with Crippen LogP contribution in [0.5, 0.6) is 11.5 Å². The van der Waals surface area contributed by atoms with Gasteiger partial charge in [0.1, 0.15) is 22.9 Å². The maximum Gasteiger partial charge on any atom is 0.313 e. The summed E-state index contributed by atoms with van der Waals surface area (Å²) < 4.78 is 13.3. The average Bonchev–Trinajstić information content (AvgIpc) is 2.58. The van der Waals surface area contributed by atoms with Gasteiger partial charge in [0.05, 0.1) is 5.41 Å². The Morgan fingerprint density at radius 1 is 1.19 bits per heavy atom. The van der Waals surface area contributed by atoms with Gasteiger partial charge in [0, 0.05) is 30.2 Å². The molecule has 3 rings (SSSR count). The van der Waals surface area contributed by atoms with Crippen molar-refractivity contribution >= 4 is 20.1 Å². The topological polar surface area (TPSA) is 72.8 Å². The summed E-state index contributed by atoms with van der Waals surface area (Å²) in [7, 11) is -2.21. The number of ketones is 1. The fourth-order valence-corrected chi connectivity index (χ4v) is 5.57. The van der Waals surface area contributed by atoms with Crippen LogP contribution in [0, 0.1) is 5.92 Å². The molecule has 2 atom stereocenters. The van der Waals surface area contributed by atoms with Gasteiger partial charge in [-0.25, -0.2) is 0 Å². The number of carbonyl (C=O) groups excluding carboxylic acids is 1. The summed E-state index contributed by atoms with van der Waals surface area (Å²) in [5.74, 6) is 0.999. The van der Waals surface area contributed by atoms with Gasteiger partial charge in [0.15, 0.2) is 0 Å². The number of carboxylic acid groups (broad SMARTS) is 1. The molecule has 0 aromatic heterocycles. The Bertz CT molecular complexity index is 907. The number of hydrogen-bond donors (Lipinski definition) is 1. The van der Waals surface area contributed by atoms with Gasteiger partial charge in [-0.3, -0.25) is 9.59 Å². The maximum atomic E-state index is 12.5. The minimum atomic E-state index is -2.21. The fraction of sp³-hybridized carbons (Fsp3) is 0.680. The molecule has 172 valence electrons. The lowest BCUT2D eigenvalue weighted by atomic mass is 9.66. The van der Waals surface area contributed by atoms with E-state index < -0.39 is 25.3 Å². The predicted molar refractivity (Wildman–Crippen MR) is 125 cm³/mol. The molecule has 0 spiro atoms. The van der Waals surface area contributed by atoms with E-state index in [4.69, 9.17) is 9.16 Å². The molecule has 2 aliphatic rings. The predicted octanol–water partition coefficient (Wildman–Crippen LogP) is 6.06. The molecule has 0 saturated heterocycles. The third-order valence-electron chi connectivity index (χ3n) is 7.84. The molecular formula is C25H38O5Si. The third kappa shape index (κ3) is 4.15. The standard InChI is InChI=1S/C25H38O5Si/c1-23(2,3)31(8,9)30-20-13-15(24(4,5)22(27)28)12-19-21(20)17-14-16(26)10-11-18(17)25(6,7)29-19/h12-13,17-18H,10-11,14H2,1-9H3,(H,27,28)/t17-,18-/m1/s1. The minimum absolute atomic E-state index is 0.0191. The number of benzene rings is 1. The highest BCUT2D eigenvalue weighted by Gasteiger charge is 2.49. The van der Waals surface area contributed by atoms with Gasteiger partial charge >= 0.3 is 5.97 Å². The molecule has 0 radical (unpaired) electrons. The maximum absolute atomic E-state index is 12.5. The number of carboxylic acids is 1. The van der Waals surface area contributed by atoms with Crippen LogP contribution in [0.2, 0.25) is 18.1 Å². The Labute approximate surface area is 187 Å². The van der Waals surface area contributed by atoms with Gasteiger partial charge in [-0.1, -0.05) is 20.8 Å². The molecule has 1 fully saturated rings. The van der Waals surface area contributed by atoms with Crippen molar-refractivity contribution in [1.29, 1.82) is 0 Å². The Balaban J connectivity index is 2.25. The van der Waals surface area contributed by atoms with Crippen LogP contribution in [0.25, 0.3) is 0 Å². The number of rotatable bonds is 4. The van der Waals surface area contributed by atoms with Crippen LogP contribution in [0.1, 0.15) is 84.8 Å². The van der Waals surface area contributed by atoms with E-state index in [1.807, 2.05) is 12.1 Å². The zero-order valence-electron chi connectivity index (χ0n) is 20.5. The molecule has 1 aliphatic carbocycles. The van der Waals surface area contributed by atoms with Crippen molar-refractivity contribution in [3.05, 3.63) is 23.3 Å². The number of aliphatic carboxylic acids is 1. The molecule has 6 heteroatoms. The largest absolute Gasteiger partial charge is 0.543 e. The van der Waals surface area contributed by atoms with Gasteiger partial charge in [-0.2, -0.15) is 0 Å². The first-order valence-electron chi connectivity index (χ1n) is 11.3. The van der Waals surface area contributed by atoms with Crippen LogP contribution >= 0.6 is 0 Å². The molecule has 1 N–H and O–H groups in total. The highest BCUT2D eigenvalue weighted by Crippen LogP contribution is 2.55. The Hall–Kier alpha value is -1.82. The molecule has 1 heterocycles. The molecule has 1 aromatic rings. The summed E-state index contributed by atoms with van der Waals surface area (Å²) in [5.41, 5.74) is 0.0855. The van der Waals surface area contributed by atoms with E-state index in [0.29, 0.717) is 29.9 Å². The quantitative estimate of drug-likeness (QED) is 0.569. The fourth-order valence-electron chi connectivity index (χ4n) is 4.55. The lowest BCUT2D eigenvalue weighted by molar-refractivity contribution is -0.142. The van der Waals surface area contributed by atoms with Crippen LogP contribution in [0.15, 0.2) is 12.1 Å². The zero-order valence-corrected chi connectivity index (χ0v) is 21.5. The molecule has 0 unspecified atom stereocenters. The van der Waals surface area contributed by atoms with Crippen molar-refractivity contribution in [2.75, 3.05) is 0 Å². The second-order valence-electron chi connectivity index (χ2n) is 11.9. The second-order valence-corrected chi connectivity index (χ2v) is 16.6. The molecule has 1 saturated carbocycles. The molecule has 1 aliphatic heterocycles. The summed E-state index contributed by atoms with van der Waals surface area (Å²) in [5, 5.41) is 9.84. The van der Waals surface area contributed by atoms with E-state index in [9.17, 15) is 14.7 Å². The van der Waals surface area contributed by atoms with Crippen molar-refractivity contribution < 1.29 is 23.9 Å². The van der Waals surface area contributed by atoms with E-state index in [2.05, 4.69) is 47.7 Å². The number of fused-ring (bicyclic) bond motifs is 3. The zero-order chi connectivity index (χ0) is 23.6. The molecule has 31 heavy (non-hydrogen) atoms. The number of Topliss-reactive ketones (excluding diaryl/α,β-unsaturated/α-hetero) is 1. The first-order valence-corrected chi connectivity index (χ1v) is 14.2. The second kappa shape index (κ2) is 7.36. The van der Waals surface area contributed by atoms with Crippen LogP contribution in [-0.4, -0.2) is 30.8 Å². The van der Waals surface area contributed by atoms with Crippen molar-refractivity contribution in [3.63, 3.8) is 0 Å². The number of ether oxygens (including phenoxy) is 1. The third-order valence-corrected chi connectivity index (χ3v) is 12.2. The minimum Gasteiger partial charge on any atom is -0.543 e. The van der Waals surface area contributed by atoms with Gasteiger partial charge in [-0.15, -0.1) is 0 Å². The van der Waals surface area contributed by atoms with E-state index in [1.54, 1.807) is 13.8 Å². The molecule has 1 aromatic carbocycles. The van der Waals surface area contributed by atoms with Crippen molar-refractivity contribution in [2.24, 2.45) is 5.92 Å². The lowest BCUT2D eigenvalue weighted by Gasteiger charge is -2.48. The summed E-state index contributed by atoms with van der Waals surface area (Å²) in [4.78, 5) is 24.5. The van der Waals surface area contributed by atoms with Crippen LogP contribution < -0.4 is 9.16 Å². The van der Waals surface area contributed by atoms with Crippen LogP contribution in [-0.2, 0) is 15.0 Å². The summed E-state index contributed by atoms with van der Waals surface area (Å²) in [6.45, 7) is 18.5. The van der Waals surface area contributed by atoms with Crippen molar-refractivity contribution in [3.8, 4) is 11.5 Å². The average molecular weight is 447 g/mol. The van der Waals surface area contributed by atoms with Crippen LogP contribution in [0.4, 0.5) is 0 Å². The summed E-state index contributed by atoms with van der Waals surface area (Å²) >= 11 is 0. The Kier molecular flexibility index (Phi) is 5.66. The van der Waals surface area contributed by atoms with Crippen LogP contribution in [0.3, 0.4) is 0 Å². The highest BCUT2D eigenvalue weighted by molar-refractivity contribution is 6.74. The molecular weight excluding hydrogens is 408 g/mol. The van der Waals surface area contributed by atoms with Gasteiger partial charge in [0.25, 0.3) is 0 Å². The molecule has 0 amide bonds. The molecule has 5 nitrogen and oxygen atoms in total. The first kappa shape index (κ1) is 23.8. The number of carbonyl (C=O) groups is 2. The van der Waals surface area contributed by atoms with Gasteiger partial charge < -0.3 is 14.3 Å². The first-order chi connectivity index (χ1) is 14.0. The van der Waals surface area contributed by atoms with Crippen molar-refractivity contribution in [2.45, 2.75) is 103 Å². The SMILES string of the molecule is CC(C)(C(=O)O)c1cc2c(c(O[Si](C)(C)C(C)(C)C)c1)[C@@H]1CC(=O)CC[C@H]1C(C)(C)O2. The Morgan fingerprint density at radius 2 is 1.81 bits per heavy atom. The van der Waals surface area contributed by atoms with E-state index in [-0.39, 0.29) is 22.7 Å². The summed E-state index contributed by atoms with van der Waals surface area (Å²) in [6.07, 6.45) is 1.88. The number of hydrogen-bond acceptors (Lipinski definition) is 4. The highest BCUT2D eigenvalue weighted by atomic mass is 28.4. The van der Waals surface area contributed by atoms with E-state index in [1.165, 1.54) is 0 Å². The summed E-state index contributed by atoms with van der Waals surface area (Å²) in [6, 6.07) is 3.75. The van der Waals surface area contributed by atoms with E-state index in [0.717, 1.165) is 12.0 Å².